The monoisotopic (exact) mass is 1110 g/mol. The van der Waals surface area contributed by atoms with E-state index in [1.165, 1.54) is 180 Å². The van der Waals surface area contributed by atoms with E-state index in [1.807, 2.05) is 0 Å². The molecule has 0 aliphatic heterocycles. The molecule has 0 fully saturated rings. The molecule has 0 aromatic heterocycles. The normalized spacial score (nSPS) is 12.7. The van der Waals surface area contributed by atoms with Crippen molar-refractivity contribution in [3.05, 3.63) is 97.2 Å². The van der Waals surface area contributed by atoms with Crippen LogP contribution >= 0.6 is 0 Å². The summed E-state index contributed by atoms with van der Waals surface area (Å²) in [7, 11) is 0. The van der Waals surface area contributed by atoms with Crippen molar-refractivity contribution in [3.8, 4) is 0 Å². The Bertz CT molecular complexity index is 1560. The molecule has 6 heteroatoms. The molecular formula is C74H128O6. The van der Waals surface area contributed by atoms with Crippen LogP contribution < -0.4 is 0 Å². The number of unbranched alkanes of at least 4 members (excludes halogenated alkanes) is 35. The molecule has 0 saturated heterocycles. The van der Waals surface area contributed by atoms with Crippen molar-refractivity contribution >= 4 is 17.9 Å². The summed E-state index contributed by atoms with van der Waals surface area (Å²) >= 11 is 0. The summed E-state index contributed by atoms with van der Waals surface area (Å²) in [5.74, 6) is -0.894. The minimum Gasteiger partial charge on any atom is -0.462 e. The highest BCUT2D eigenvalue weighted by Gasteiger charge is 2.19. The van der Waals surface area contributed by atoms with Gasteiger partial charge in [0, 0.05) is 19.3 Å². The van der Waals surface area contributed by atoms with Crippen LogP contribution in [0.25, 0.3) is 0 Å². The van der Waals surface area contributed by atoms with Gasteiger partial charge in [-0.3, -0.25) is 14.4 Å². The van der Waals surface area contributed by atoms with Crippen molar-refractivity contribution in [2.45, 2.75) is 341 Å². The molecule has 0 amide bonds. The van der Waals surface area contributed by atoms with Crippen LogP contribution in [0, 0.1) is 0 Å². The molecule has 0 aliphatic carbocycles. The second-order valence-corrected chi connectivity index (χ2v) is 22.7. The third kappa shape index (κ3) is 65.1. The Balaban J connectivity index is 4.37. The SMILES string of the molecule is CC/C=C\C/C=C\C/C=C\C/C=C\CCCCCCCCC(=O)OC(COC(=O)CCCCCCCCC/C=C\C/C=C\CCCCCC)COC(=O)CCCCCCCCCCCCCCC/C=C\C/C=C\CCCCCCC. The van der Waals surface area contributed by atoms with Gasteiger partial charge in [-0.25, -0.2) is 0 Å². The smallest absolute Gasteiger partial charge is 0.306 e. The van der Waals surface area contributed by atoms with Crippen molar-refractivity contribution in [1.82, 2.24) is 0 Å². The second kappa shape index (κ2) is 67.8. The van der Waals surface area contributed by atoms with Crippen molar-refractivity contribution in [2.24, 2.45) is 0 Å². The molecule has 0 saturated carbocycles. The lowest BCUT2D eigenvalue weighted by molar-refractivity contribution is -0.167. The summed E-state index contributed by atoms with van der Waals surface area (Å²) in [4.78, 5) is 38.4. The van der Waals surface area contributed by atoms with E-state index in [-0.39, 0.29) is 31.1 Å². The molecule has 6 nitrogen and oxygen atoms in total. The fourth-order valence-corrected chi connectivity index (χ4v) is 9.67. The fourth-order valence-electron chi connectivity index (χ4n) is 9.67. The van der Waals surface area contributed by atoms with Gasteiger partial charge in [-0.2, -0.15) is 0 Å². The molecule has 0 aromatic rings. The number of ether oxygens (including phenoxy) is 3. The number of hydrogen-bond donors (Lipinski definition) is 0. The van der Waals surface area contributed by atoms with Crippen LogP contribution in [0.2, 0.25) is 0 Å². The Morgan fingerprint density at radius 2 is 0.487 bits per heavy atom. The number of esters is 3. The van der Waals surface area contributed by atoms with E-state index in [2.05, 4.69) is 118 Å². The highest BCUT2D eigenvalue weighted by Crippen LogP contribution is 2.16. The number of rotatable bonds is 62. The lowest BCUT2D eigenvalue weighted by atomic mass is 10.0. The Kier molecular flexibility index (Phi) is 64.7. The first-order chi connectivity index (χ1) is 39.5. The Morgan fingerprint density at radius 1 is 0.263 bits per heavy atom. The molecule has 80 heavy (non-hydrogen) atoms. The van der Waals surface area contributed by atoms with E-state index >= 15 is 0 Å². The molecule has 0 N–H and O–H groups in total. The molecule has 0 bridgehead atoms. The highest BCUT2D eigenvalue weighted by atomic mass is 16.6. The van der Waals surface area contributed by atoms with Crippen molar-refractivity contribution in [3.63, 3.8) is 0 Å². The maximum atomic E-state index is 12.9. The third-order valence-electron chi connectivity index (χ3n) is 14.8. The van der Waals surface area contributed by atoms with Gasteiger partial charge in [0.15, 0.2) is 6.10 Å². The first-order valence-electron chi connectivity index (χ1n) is 34.2. The van der Waals surface area contributed by atoms with E-state index in [0.717, 1.165) is 116 Å². The molecule has 1 unspecified atom stereocenters. The minimum absolute atomic E-state index is 0.0854. The van der Waals surface area contributed by atoms with Gasteiger partial charge in [0.25, 0.3) is 0 Å². The molecule has 1 atom stereocenters. The summed E-state index contributed by atoms with van der Waals surface area (Å²) in [5, 5.41) is 0. The average molecular weight is 1110 g/mol. The summed E-state index contributed by atoms with van der Waals surface area (Å²) in [6.45, 7) is 6.52. The molecule has 0 radical (unpaired) electrons. The maximum absolute atomic E-state index is 12.9. The van der Waals surface area contributed by atoms with Crippen LogP contribution in [-0.2, 0) is 28.6 Å². The van der Waals surface area contributed by atoms with Gasteiger partial charge in [-0.15, -0.1) is 0 Å². The Morgan fingerprint density at radius 3 is 0.775 bits per heavy atom. The standard InChI is InChI=1S/C74H128O6/c1-4-7-10-13-16-19-22-25-28-31-34-35-36-37-38-39-41-43-46-49-52-55-58-61-64-67-73(76)79-70-71(69-78-72(75)66-63-60-57-54-51-48-45-42-33-30-27-24-21-18-15-12-9-6-3)80-74(77)68-65-62-59-56-53-50-47-44-40-32-29-26-23-20-17-14-11-8-5-2/h8,11,17,20-22,24-26,29-31,33-34,40,44,71H,4-7,9-10,12-16,18-19,23,27-28,32,35-39,41-43,45-70H2,1-3H3/b11-8-,20-17-,24-21-,25-22-,29-26-,33-30-,34-31-,44-40-. The predicted molar refractivity (Wildman–Crippen MR) is 348 cm³/mol. The van der Waals surface area contributed by atoms with Crippen LogP contribution in [0.3, 0.4) is 0 Å². The van der Waals surface area contributed by atoms with Gasteiger partial charge in [0.1, 0.15) is 13.2 Å². The molecule has 0 heterocycles. The number of carbonyl (C=O) groups excluding carboxylic acids is 3. The van der Waals surface area contributed by atoms with Crippen LogP contribution in [0.15, 0.2) is 97.2 Å². The van der Waals surface area contributed by atoms with Gasteiger partial charge in [-0.1, -0.05) is 291 Å². The fraction of sp³-hybridized carbons (Fsp3) is 0.743. The second-order valence-electron chi connectivity index (χ2n) is 22.7. The number of carbonyl (C=O) groups is 3. The predicted octanol–water partition coefficient (Wildman–Crippen LogP) is 23.6. The van der Waals surface area contributed by atoms with E-state index in [4.69, 9.17) is 14.2 Å². The van der Waals surface area contributed by atoms with E-state index < -0.39 is 6.10 Å². The molecule has 0 aromatic carbocycles. The average Bonchev–Trinajstić information content (AvgIpc) is 3.46. The number of allylic oxidation sites excluding steroid dienone is 16. The van der Waals surface area contributed by atoms with Crippen molar-refractivity contribution < 1.29 is 28.6 Å². The van der Waals surface area contributed by atoms with E-state index in [9.17, 15) is 14.4 Å². The third-order valence-corrected chi connectivity index (χ3v) is 14.8. The maximum Gasteiger partial charge on any atom is 0.306 e. The minimum atomic E-state index is -0.792. The van der Waals surface area contributed by atoms with Crippen LogP contribution in [-0.4, -0.2) is 37.2 Å². The Hall–Kier alpha value is -3.67. The lowest BCUT2D eigenvalue weighted by Gasteiger charge is -2.18. The van der Waals surface area contributed by atoms with Gasteiger partial charge in [0.2, 0.25) is 0 Å². The molecule has 0 aliphatic rings. The van der Waals surface area contributed by atoms with Crippen molar-refractivity contribution in [2.75, 3.05) is 13.2 Å². The largest absolute Gasteiger partial charge is 0.462 e. The highest BCUT2D eigenvalue weighted by molar-refractivity contribution is 5.71. The molecular weight excluding hydrogens is 985 g/mol. The van der Waals surface area contributed by atoms with Crippen LogP contribution in [0.4, 0.5) is 0 Å². The van der Waals surface area contributed by atoms with Gasteiger partial charge in [-0.05, 0) is 122 Å². The zero-order valence-corrected chi connectivity index (χ0v) is 52.8. The van der Waals surface area contributed by atoms with E-state index in [1.54, 1.807) is 0 Å². The zero-order chi connectivity index (χ0) is 57.8. The number of hydrogen-bond acceptors (Lipinski definition) is 6. The van der Waals surface area contributed by atoms with Gasteiger partial charge >= 0.3 is 17.9 Å². The zero-order valence-electron chi connectivity index (χ0n) is 52.8. The lowest BCUT2D eigenvalue weighted by Crippen LogP contribution is -2.30. The van der Waals surface area contributed by atoms with Gasteiger partial charge < -0.3 is 14.2 Å². The van der Waals surface area contributed by atoms with Crippen molar-refractivity contribution in [1.29, 1.82) is 0 Å². The first kappa shape index (κ1) is 76.3. The molecule has 0 spiro atoms. The topological polar surface area (TPSA) is 78.9 Å². The summed E-state index contributed by atoms with van der Waals surface area (Å²) < 4.78 is 17.0. The molecule has 0 rings (SSSR count). The van der Waals surface area contributed by atoms with Crippen LogP contribution in [0.1, 0.15) is 335 Å². The van der Waals surface area contributed by atoms with Crippen LogP contribution in [0.5, 0.6) is 0 Å². The summed E-state index contributed by atoms with van der Waals surface area (Å²) in [6.07, 6.45) is 91.3. The summed E-state index contributed by atoms with van der Waals surface area (Å²) in [5.41, 5.74) is 0. The quantitative estimate of drug-likeness (QED) is 0.0261. The van der Waals surface area contributed by atoms with E-state index in [0.29, 0.717) is 19.3 Å². The summed E-state index contributed by atoms with van der Waals surface area (Å²) in [6, 6.07) is 0. The first-order valence-corrected chi connectivity index (χ1v) is 34.2. The van der Waals surface area contributed by atoms with Gasteiger partial charge in [0.05, 0.1) is 0 Å². The molecule has 460 valence electrons. The Labute approximate surface area is 496 Å².